The van der Waals surface area contributed by atoms with Gasteiger partial charge in [0.05, 0.1) is 45.4 Å². The van der Waals surface area contributed by atoms with Crippen molar-refractivity contribution in [1.29, 1.82) is 0 Å². The van der Waals surface area contributed by atoms with Crippen molar-refractivity contribution in [3.05, 3.63) is 76.4 Å². The van der Waals surface area contributed by atoms with Crippen molar-refractivity contribution < 1.29 is 75.3 Å². The number of rotatable bonds is 20. The van der Waals surface area contributed by atoms with Gasteiger partial charge >= 0.3 is 5.97 Å². The lowest BCUT2D eigenvalue weighted by molar-refractivity contribution is -0.197. The molecule has 6 aliphatic heterocycles. The van der Waals surface area contributed by atoms with E-state index in [1.165, 1.54) is 35.9 Å². The van der Waals surface area contributed by atoms with Crippen LogP contribution >= 0.6 is 18.9 Å². The number of carbonyl (C=O) groups excluding carboxylic acids is 7. The Morgan fingerprint density at radius 2 is 1.45 bits per heavy atom. The normalized spacial score (nSPS) is 23.1. The van der Waals surface area contributed by atoms with Gasteiger partial charge in [-0.05, 0) is 73.9 Å². The number of imide groups is 2. The van der Waals surface area contributed by atoms with Crippen molar-refractivity contribution in [2.75, 3.05) is 64.2 Å². The lowest BCUT2D eigenvalue weighted by Crippen LogP contribution is -2.44. The summed E-state index contributed by atoms with van der Waals surface area (Å²) >= 11 is 1.17. The van der Waals surface area contributed by atoms with E-state index in [0.29, 0.717) is 46.2 Å². The molecule has 20 nitrogen and oxygen atoms in total. The zero-order valence-electron chi connectivity index (χ0n) is 39.3. The molecule has 5 atom stereocenters. The van der Waals surface area contributed by atoms with Gasteiger partial charge in [-0.1, -0.05) is 24.3 Å². The quantitative estimate of drug-likeness (QED) is 0.0831. The molecule has 8 rings (SSSR count). The number of benzene rings is 2. The Balaban J connectivity index is 0.946. The van der Waals surface area contributed by atoms with Crippen LogP contribution in [0.5, 0.6) is 17.2 Å². The number of hydrogen-bond acceptors (Lipinski definition) is 16. The number of nitrogens with zero attached hydrogens (tertiary/aromatic N) is 4. The van der Waals surface area contributed by atoms with Crippen molar-refractivity contribution in [3.63, 3.8) is 0 Å². The van der Waals surface area contributed by atoms with Gasteiger partial charge in [-0.15, -0.1) is 16.8 Å². The highest BCUT2D eigenvalue weighted by molar-refractivity contribution is 8.01. The Bertz CT molecular complexity index is 2730. The van der Waals surface area contributed by atoms with Crippen molar-refractivity contribution in [1.82, 2.24) is 19.8 Å². The van der Waals surface area contributed by atoms with Crippen LogP contribution in [-0.2, 0) is 62.9 Å². The van der Waals surface area contributed by atoms with Crippen molar-refractivity contribution in [2.24, 2.45) is 0 Å². The molecular weight excluding hydrogens is 984 g/mol. The summed E-state index contributed by atoms with van der Waals surface area (Å²) in [5.74, 6) is -2.59. The van der Waals surface area contributed by atoms with E-state index < -0.39 is 75.9 Å². The van der Waals surface area contributed by atoms with Crippen molar-refractivity contribution in [2.45, 2.75) is 93.4 Å². The highest BCUT2D eigenvalue weighted by Gasteiger charge is 2.46. The minimum atomic E-state index is -4.63. The lowest BCUT2D eigenvalue weighted by atomic mass is 9.98. The summed E-state index contributed by atoms with van der Waals surface area (Å²) in [6.07, 6.45) is 1.74. The molecule has 0 saturated carbocycles. The Morgan fingerprint density at radius 1 is 0.803 bits per heavy atom. The van der Waals surface area contributed by atoms with Crippen LogP contribution in [0, 0.1) is 0 Å². The standard InChI is InChI=1S/C48H57N4O16PS2/c1-28-17-33-7-6-30-20-39(38(65-3)23-35(30)46(58)50(33)25-28)67-12-14-69(61,15-16-70-40-24-44(56)49(48(40)60)10-4-5-45(57)68-52-42(54)8-9-43(52)55)13-11-66-37-21-31-22-41(71(62,63)64)36-18-29(2)26-51(36)47(59)34(31)19-32(37)27-53/h19-21,23,33,36,40-41,53H,1-2,4-18,22,24-27H2,3H3,(H,62,63,64)/t33-,36+,40?,41?,69?/m1/s1. The van der Waals surface area contributed by atoms with Gasteiger partial charge in [0.25, 0.3) is 33.7 Å². The van der Waals surface area contributed by atoms with E-state index in [1.807, 2.05) is 4.90 Å². The molecule has 0 spiro atoms. The van der Waals surface area contributed by atoms with Crippen molar-refractivity contribution in [3.8, 4) is 17.2 Å². The number of likely N-dealkylation sites (tertiary alicyclic amines) is 1. The first-order valence-electron chi connectivity index (χ1n) is 23.5. The van der Waals surface area contributed by atoms with E-state index in [0.717, 1.165) is 28.9 Å². The van der Waals surface area contributed by atoms with Gasteiger partial charge in [0.1, 0.15) is 11.0 Å². The molecule has 23 heteroatoms. The number of hydroxylamine groups is 2. The molecule has 2 aromatic rings. The first-order chi connectivity index (χ1) is 33.8. The molecule has 6 heterocycles. The minimum absolute atomic E-state index is 0.0177. The molecule has 4 saturated heterocycles. The van der Waals surface area contributed by atoms with E-state index in [9.17, 15) is 51.6 Å². The number of aliphatic hydroxyl groups excluding tert-OH is 1. The van der Waals surface area contributed by atoms with Gasteiger partial charge < -0.3 is 38.5 Å². The first-order valence-corrected chi connectivity index (χ1v) is 28.3. The molecule has 0 aromatic heterocycles. The van der Waals surface area contributed by atoms with Gasteiger partial charge in [-0.2, -0.15) is 8.42 Å². The molecule has 6 aliphatic rings. The summed E-state index contributed by atoms with van der Waals surface area (Å²) in [6, 6.07) is 5.58. The Hall–Kier alpha value is -5.54. The number of amides is 6. The van der Waals surface area contributed by atoms with E-state index in [2.05, 4.69) is 13.2 Å². The molecular formula is C48H57N4O16PS2. The number of thioether (sulfide) groups is 1. The highest BCUT2D eigenvalue weighted by Crippen LogP contribution is 2.47. The first kappa shape index (κ1) is 51.8. The predicted molar refractivity (Wildman–Crippen MR) is 257 cm³/mol. The number of aliphatic hydroxyl groups is 1. The fourth-order valence-electron chi connectivity index (χ4n) is 10.2. The molecule has 382 valence electrons. The number of hydrogen-bond donors (Lipinski definition) is 2. The molecule has 0 radical (unpaired) electrons. The Labute approximate surface area is 415 Å². The molecule has 2 aromatic carbocycles. The maximum Gasteiger partial charge on any atom is 0.333 e. The average molecular weight is 1040 g/mol. The summed E-state index contributed by atoms with van der Waals surface area (Å²) in [7, 11) is -6.45. The van der Waals surface area contributed by atoms with Gasteiger partial charge in [-0.25, -0.2) is 4.79 Å². The van der Waals surface area contributed by atoms with Crippen LogP contribution in [0.2, 0.25) is 0 Å². The number of aryl methyl sites for hydroxylation is 1. The highest BCUT2D eigenvalue weighted by atomic mass is 32.2. The van der Waals surface area contributed by atoms with E-state index in [1.54, 1.807) is 12.1 Å². The maximum atomic E-state index is 15.0. The van der Waals surface area contributed by atoms with E-state index in [4.69, 9.17) is 19.0 Å². The van der Waals surface area contributed by atoms with Crippen LogP contribution in [-0.4, -0.2) is 166 Å². The molecule has 3 unspecified atom stereocenters. The second-order valence-electron chi connectivity index (χ2n) is 18.7. The summed E-state index contributed by atoms with van der Waals surface area (Å²) in [4.78, 5) is 98.9. The van der Waals surface area contributed by atoms with Crippen LogP contribution in [0.1, 0.15) is 88.8 Å². The molecule has 71 heavy (non-hydrogen) atoms. The largest absolute Gasteiger partial charge is 0.493 e. The summed E-state index contributed by atoms with van der Waals surface area (Å²) in [5, 5.41) is 8.73. The molecule has 2 N–H and O–H groups in total. The summed E-state index contributed by atoms with van der Waals surface area (Å²) in [5.41, 5.74) is 3.65. The van der Waals surface area contributed by atoms with Crippen LogP contribution in [0.4, 0.5) is 0 Å². The summed E-state index contributed by atoms with van der Waals surface area (Å²) in [6.45, 7) is 7.79. The van der Waals surface area contributed by atoms with Crippen LogP contribution < -0.4 is 14.2 Å². The summed E-state index contributed by atoms with van der Waals surface area (Å²) < 4.78 is 68.7. The topological polar surface area (TPSA) is 261 Å². The Morgan fingerprint density at radius 3 is 2.14 bits per heavy atom. The minimum Gasteiger partial charge on any atom is -0.493 e. The maximum absolute atomic E-state index is 15.0. The van der Waals surface area contributed by atoms with E-state index >= 15 is 4.57 Å². The number of carbonyl (C=O) groups is 7. The van der Waals surface area contributed by atoms with Gasteiger partial charge in [0.15, 0.2) is 11.5 Å². The second-order valence-corrected chi connectivity index (χ2v) is 25.2. The van der Waals surface area contributed by atoms with Crippen LogP contribution in [0.15, 0.2) is 48.6 Å². The zero-order valence-corrected chi connectivity index (χ0v) is 41.9. The fraction of sp³-hybridized carbons (Fsp3) is 0.521. The van der Waals surface area contributed by atoms with Crippen LogP contribution in [0.25, 0.3) is 0 Å². The second kappa shape index (κ2) is 21.3. The molecule has 6 amide bonds. The van der Waals surface area contributed by atoms with Crippen LogP contribution in [0.3, 0.4) is 0 Å². The SMILES string of the molecule is C=C1C[C@H]2CCc3cc(OCCP(=O)(CCOc4cc5c(cc4CO)C(=O)N4CC(=C)C[C@H]4C(S(=O)(=O)O)C5)CCSC4CC(=O)N(CCCC(=O)ON5C(=O)CCC5=O)C4=O)c(OC)cc3C(=O)N2C1. The predicted octanol–water partition coefficient (Wildman–Crippen LogP) is 3.56. The lowest BCUT2D eigenvalue weighted by Gasteiger charge is -2.26. The third-order valence-electron chi connectivity index (χ3n) is 14.0. The Kier molecular flexibility index (Phi) is 15.5. The molecule has 4 fully saturated rings. The number of ether oxygens (including phenoxy) is 3. The third-order valence-corrected chi connectivity index (χ3v) is 19.7. The smallest absolute Gasteiger partial charge is 0.333 e. The zero-order chi connectivity index (χ0) is 50.9. The molecule has 0 bridgehead atoms. The van der Waals surface area contributed by atoms with Crippen molar-refractivity contribution >= 4 is 70.4 Å². The van der Waals surface area contributed by atoms with Gasteiger partial charge in [0.2, 0.25) is 11.8 Å². The molecule has 0 aliphatic carbocycles. The number of fused-ring (bicyclic) bond motifs is 4. The van der Waals surface area contributed by atoms with E-state index in [-0.39, 0.29) is 124 Å². The average Bonchev–Trinajstić information content (AvgIpc) is 4.03. The van der Waals surface area contributed by atoms with Gasteiger partial charge in [-0.3, -0.25) is 38.2 Å². The third kappa shape index (κ3) is 11.3. The number of methoxy groups -OCH3 is 1. The van der Waals surface area contributed by atoms with Gasteiger partial charge in [0, 0.05) is 92.3 Å². The fourth-order valence-corrected chi connectivity index (χ4v) is 15.3. The monoisotopic (exact) mass is 1040 g/mol.